The summed E-state index contributed by atoms with van der Waals surface area (Å²) in [6.07, 6.45) is 0.589. The summed E-state index contributed by atoms with van der Waals surface area (Å²) in [6.45, 7) is 0.0997. The average molecular weight is 232 g/mol. The summed E-state index contributed by atoms with van der Waals surface area (Å²) in [5.74, 6) is -0.180. The zero-order valence-electron chi connectivity index (χ0n) is 7.04. The van der Waals surface area contributed by atoms with E-state index in [1.54, 1.807) is 0 Å². The molecular weight excluding hydrogens is 220 g/mol. The van der Waals surface area contributed by atoms with Gasteiger partial charge in [0.2, 0.25) is 0 Å². The Morgan fingerprint density at radius 3 is 2.62 bits per heavy atom. The van der Waals surface area contributed by atoms with Crippen molar-refractivity contribution in [3.05, 3.63) is 0 Å². The number of rotatable bonds is 2. The third kappa shape index (κ3) is 4.25. The van der Waals surface area contributed by atoms with E-state index in [1.165, 1.54) is 0 Å². The maximum Gasteiger partial charge on any atom is 0.264 e. The molecule has 0 aromatic heterocycles. The molecule has 0 aliphatic carbocycles. The molecule has 0 aromatic carbocycles. The van der Waals surface area contributed by atoms with Crippen LogP contribution in [-0.2, 0) is 18.5 Å². The molecule has 0 saturated carbocycles. The van der Waals surface area contributed by atoms with E-state index in [-0.39, 0.29) is 12.4 Å². The topological polar surface area (TPSA) is 93.1 Å². The SMILES string of the molecule is CS(=O)(=O)OC1CCOS(O)(O)C1. The van der Waals surface area contributed by atoms with Gasteiger partial charge >= 0.3 is 0 Å². The van der Waals surface area contributed by atoms with Crippen LogP contribution >= 0.6 is 10.9 Å². The second-order valence-corrected chi connectivity index (χ2v) is 6.19. The Morgan fingerprint density at radius 1 is 1.54 bits per heavy atom. The van der Waals surface area contributed by atoms with Crippen molar-refractivity contribution in [3.8, 4) is 0 Å². The van der Waals surface area contributed by atoms with Gasteiger partial charge in [0.1, 0.15) is 0 Å². The summed E-state index contributed by atoms with van der Waals surface area (Å²) >= 11 is 0. The molecule has 2 N–H and O–H groups in total. The zero-order valence-corrected chi connectivity index (χ0v) is 8.68. The molecular formula is C5H12O6S2. The molecule has 1 aliphatic heterocycles. The molecule has 1 rings (SSSR count). The first-order valence-corrected chi connectivity index (χ1v) is 7.03. The van der Waals surface area contributed by atoms with Crippen molar-refractivity contribution in [2.75, 3.05) is 18.6 Å². The van der Waals surface area contributed by atoms with Crippen molar-refractivity contribution in [3.63, 3.8) is 0 Å². The largest absolute Gasteiger partial charge is 0.308 e. The van der Waals surface area contributed by atoms with E-state index in [0.717, 1.165) is 6.26 Å². The lowest BCUT2D eigenvalue weighted by Gasteiger charge is -2.34. The number of hydrogen-bond acceptors (Lipinski definition) is 6. The van der Waals surface area contributed by atoms with Gasteiger partial charge < -0.3 is 9.11 Å². The van der Waals surface area contributed by atoms with Crippen LogP contribution in [0.5, 0.6) is 0 Å². The Hall–Kier alpha value is 0.140. The fraction of sp³-hybridized carbons (Fsp3) is 1.00. The average Bonchev–Trinajstić information content (AvgIpc) is 1.79. The highest BCUT2D eigenvalue weighted by atomic mass is 32.3. The van der Waals surface area contributed by atoms with Gasteiger partial charge in [0.25, 0.3) is 10.1 Å². The minimum Gasteiger partial charge on any atom is -0.308 e. The molecule has 0 aromatic rings. The first-order chi connectivity index (χ1) is 5.79. The molecule has 1 unspecified atom stereocenters. The fourth-order valence-corrected chi connectivity index (χ4v) is 2.93. The summed E-state index contributed by atoms with van der Waals surface area (Å²) in [4.78, 5) is 0. The van der Waals surface area contributed by atoms with Crippen LogP contribution in [-0.4, -0.2) is 42.2 Å². The molecule has 80 valence electrons. The van der Waals surface area contributed by atoms with Gasteiger partial charge in [-0.1, -0.05) is 0 Å². The Kier molecular flexibility index (Phi) is 3.20. The van der Waals surface area contributed by atoms with Crippen molar-refractivity contribution in [1.82, 2.24) is 0 Å². The van der Waals surface area contributed by atoms with Crippen LogP contribution < -0.4 is 0 Å². The van der Waals surface area contributed by atoms with E-state index in [0.29, 0.717) is 6.42 Å². The van der Waals surface area contributed by atoms with Crippen molar-refractivity contribution < 1.29 is 25.9 Å². The van der Waals surface area contributed by atoms with Gasteiger partial charge in [0, 0.05) is 6.42 Å². The van der Waals surface area contributed by atoms with Gasteiger partial charge in [-0.3, -0.25) is 8.37 Å². The summed E-state index contributed by atoms with van der Waals surface area (Å²) in [5.41, 5.74) is 0. The molecule has 0 amide bonds. The van der Waals surface area contributed by atoms with Crippen LogP contribution in [0.25, 0.3) is 0 Å². The lowest BCUT2D eigenvalue weighted by Crippen LogP contribution is -2.31. The Balaban J connectivity index is 2.53. The van der Waals surface area contributed by atoms with Gasteiger partial charge in [0.15, 0.2) is 0 Å². The van der Waals surface area contributed by atoms with E-state index in [2.05, 4.69) is 8.37 Å². The summed E-state index contributed by atoms with van der Waals surface area (Å²) < 4.78 is 48.8. The highest BCUT2D eigenvalue weighted by Gasteiger charge is 2.31. The van der Waals surface area contributed by atoms with Gasteiger partial charge in [-0.25, -0.2) is 0 Å². The van der Waals surface area contributed by atoms with E-state index in [4.69, 9.17) is 9.11 Å². The van der Waals surface area contributed by atoms with E-state index in [9.17, 15) is 8.42 Å². The summed E-state index contributed by atoms with van der Waals surface area (Å²) in [5, 5.41) is 0. The van der Waals surface area contributed by atoms with Crippen molar-refractivity contribution in [2.24, 2.45) is 0 Å². The second kappa shape index (κ2) is 3.71. The maximum atomic E-state index is 10.7. The van der Waals surface area contributed by atoms with E-state index < -0.39 is 27.1 Å². The fourth-order valence-electron chi connectivity index (χ4n) is 1.01. The van der Waals surface area contributed by atoms with Crippen LogP contribution in [0.2, 0.25) is 0 Å². The third-order valence-corrected chi connectivity index (χ3v) is 3.40. The van der Waals surface area contributed by atoms with Crippen molar-refractivity contribution >= 4 is 21.0 Å². The minimum absolute atomic E-state index is 0.0997. The molecule has 1 heterocycles. The number of hydrogen-bond donors (Lipinski definition) is 2. The van der Waals surface area contributed by atoms with Gasteiger partial charge in [0.05, 0.1) is 35.6 Å². The van der Waals surface area contributed by atoms with Crippen LogP contribution in [0.1, 0.15) is 6.42 Å². The quantitative estimate of drug-likeness (QED) is 0.670. The van der Waals surface area contributed by atoms with Crippen LogP contribution in [0.4, 0.5) is 0 Å². The lowest BCUT2D eigenvalue weighted by atomic mass is 10.3. The summed E-state index contributed by atoms with van der Waals surface area (Å²) in [7, 11) is -6.63. The monoisotopic (exact) mass is 232 g/mol. The lowest BCUT2D eigenvalue weighted by molar-refractivity contribution is 0.144. The molecule has 1 fully saturated rings. The first kappa shape index (κ1) is 11.2. The molecule has 1 saturated heterocycles. The predicted octanol–water partition coefficient (Wildman–Crippen LogP) is 0.417. The standard InChI is InChI=1S/C5H12O6S2/c1-12(6,7)11-5-2-3-10-13(8,9)4-5/h5,8-9H,2-4H2,1H3. The van der Waals surface area contributed by atoms with Crippen molar-refractivity contribution in [1.29, 1.82) is 0 Å². The second-order valence-electron chi connectivity index (χ2n) is 2.81. The van der Waals surface area contributed by atoms with Gasteiger partial charge in [-0.15, -0.1) is 0 Å². The Morgan fingerprint density at radius 2 is 2.15 bits per heavy atom. The van der Waals surface area contributed by atoms with Gasteiger partial charge in [-0.05, 0) is 0 Å². The van der Waals surface area contributed by atoms with Crippen LogP contribution in [0.3, 0.4) is 0 Å². The van der Waals surface area contributed by atoms with Crippen molar-refractivity contribution in [2.45, 2.75) is 12.5 Å². The highest BCUT2D eigenvalue weighted by molar-refractivity contribution is 8.20. The predicted molar refractivity (Wildman–Crippen MR) is 48.0 cm³/mol. The molecule has 6 nitrogen and oxygen atoms in total. The van der Waals surface area contributed by atoms with Crippen LogP contribution in [0, 0.1) is 0 Å². The van der Waals surface area contributed by atoms with E-state index in [1.807, 2.05) is 0 Å². The Bertz CT molecular complexity index is 271. The zero-order chi connectivity index (χ0) is 10.1. The highest BCUT2D eigenvalue weighted by Crippen LogP contribution is 2.44. The van der Waals surface area contributed by atoms with E-state index >= 15 is 0 Å². The first-order valence-electron chi connectivity index (χ1n) is 3.57. The summed E-state index contributed by atoms with van der Waals surface area (Å²) in [6, 6.07) is 0. The third-order valence-electron chi connectivity index (χ3n) is 1.43. The normalized spacial score (nSPS) is 31.2. The molecule has 0 bridgehead atoms. The molecule has 0 radical (unpaired) electrons. The smallest absolute Gasteiger partial charge is 0.264 e. The molecule has 8 heteroatoms. The molecule has 13 heavy (non-hydrogen) atoms. The van der Waals surface area contributed by atoms with Gasteiger partial charge in [-0.2, -0.15) is 8.42 Å². The minimum atomic E-state index is -3.54. The molecule has 1 aliphatic rings. The Labute approximate surface area is 78.5 Å². The molecule has 0 spiro atoms. The van der Waals surface area contributed by atoms with Crippen LogP contribution in [0.15, 0.2) is 0 Å². The molecule has 1 atom stereocenters. The maximum absolute atomic E-state index is 10.7.